The number of methoxy groups -OCH3 is 1. The Morgan fingerprint density at radius 2 is 1.79 bits per heavy atom. The van der Waals surface area contributed by atoms with E-state index in [2.05, 4.69) is 9.97 Å². The first-order valence-corrected chi connectivity index (χ1v) is 10.5. The van der Waals surface area contributed by atoms with Crippen LogP contribution in [-0.4, -0.2) is 51.5 Å². The van der Waals surface area contributed by atoms with E-state index in [9.17, 15) is 19.5 Å². The van der Waals surface area contributed by atoms with E-state index in [1.807, 2.05) is 6.07 Å². The Bertz CT molecular complexity index is 1090. The molecule has 1 aromatic heterocycles. The summed E-state index contributed by atoms with van der Waals surface area (Å²) in [6.45, 7) is -0.729. The summed E-state index contributed by atoms with van der Waals surface area (Å²) in [6.07, 6.45) is 2.78. The van der Waals surface area contributed by atoms with Crippen molar-refractivity contribution in [2.45, 2.75) is 19.2 Å². The number of aromatic nitrogens is 2. The first kappa shape index (κ1) is 24.5. The van der Waals surface area contributed by atoms with Crippen molar-refractivity contribution < 1.29 is 29.0 Å². The zero-order valence-corrected chi connectivity index (χ0v) is 18.6. The van der Waals surface area contributed by atoms with Gasteiger partial charge in [-0.1, -0.05) is 42.5 Å². The largest absolute Gasteiger partial charge is 0.497 e. The van der Waals surface area contributed by atoms with Crippen molar-refractivity contribution in [1.82, 2.24) is 14.9 Å². The summed E-state index contributed by atoms with van der Waals surface area (Å²) in [5.41, 5.74) is 8.00. The summed E-state index contributed by atoms with van der Waals surface area (Å²) in [5.74, 6) is -3.72. The highest BCUT2D eigenvalue weighted by atomic mass is 16.5. The molecule has 1 amide bonds. The summed E-state index contributed by atoms with van der Waals surface area (Å²) in [5, 5.41) is 9.41. The van der Waals surface area contributed by atoms with Gasteiger partial charge in [-0.2, -0.15) is 0 Å². The molecule has 0 aliphatic rings. The molecule has 10 nitrogen and oxygen atoms in total. The molecule has 0 aliphatic heterocycles. The molecule has 34 heavy (non-hydrogen) atoms. The summed E-state index contributed by atoms with van der Waals surface area (Å²) in [7, 11) is 1.53. The lowest BCUT2D eigenvalue weighted by atomic mass is 9.96. The molecule has 0 fully saturated rings. The third-order valence-corrected chi connectivity index (χ3v) is 5.15. The third-order valence-electron chi connectivity index (χ3n) is 5.15. The van der Waals surface area contributed by atoms with Crippen LogP contribution in [0, 0.1) is 5.92 Å². The zero-order chi connectivity index (χ0) is 24.5. The summed E-state index contributed by atoms with van der Waals surface area (Å²) in [6, 6.07) is 14.7. The normalized spacial score (nSPS) is 12.4. The smallest absolute Gasteiger partial charge is 0.323 e. The second-order valence-corrected chi connectivity index (χ2v) is 7.54. The first-order valence-electron chi connectivity index (χ1n) is 10.5. The van der Waals surface area contributed by atoms with Gasteiger partial charge in [0.25, 0.3) is 0 Å². The van der Waals surface area contributed by atoms with Gasteiger partial charge < -0.3 is 30.2 Å². The van der Waals surface area contributed by atoms with Gasteiger partial charge in [0, 0.05) is 12.7 Å². The van der Waals surface area contributed by atoms with Crippen molar-refractivity contribution >= 4 is 17.8 Å². The number of esters is 1. The van der Waals surface area contributed by atoms with Crippen LogP contribution in [0.4, 0.5) is 0 Å². The number of carbonyl (C=O) groups excluding carboxylic acids is 2. The number of nitrogens with two attached hydrogens (primary N) is 1. The van der Waals surface area contributed by atoms with Crippen LogP contribution in [0.3, 0.4) is 0 Å². The van der Waals surface area contributed by atoms with Crippen molar-refractivity contribution in [1.29, 1.82) is 0 Å². The lowest BCUT2D eigenvalue weighted by molar-refractivity contribution is -0.160. The number of ether oxygens (including phenoxy) is 2. The number of aliphatic carboxylic acids is 1. The molecule has 1 heterocycles. The fourth-order valence-electron chi connectivity index (χ4n) is 3.37. The number of H-pyrrole nitrogens is 1. The number of carboxylic acids is 1. The van der Waals surface area contributed by atoms with E-state index in [-0.39, 0.29) is 13.2 Å². The average molecular weight is 466 g/mol. The lowest BCUT2D eigenvalue weighted by Gasteiger charge is -2.28. The molecule has 0 radical (unpaired) electrons. The number of imidazole rings is 1. The van der Waals surface area contributed by atoms with Gasteiger partial charge in [-0.3, -0.25) is 14.4 Å². The maximum atomic E-state index is 13.5. The number of aromatic amines is 1. The molecule has 0 bridgehead atoms. The molecule has 3 aromatic rings. The molecule has 2 aromatic carbocycles. The first-order chi connectivity index (χ1) is 16.4. The number of amides is 1. The van der Waals surface area contributed by atoms with Crippen LogP contribution < -0.4 is 10.5 Å². The highest BCUT2D eigenvalue weighted by Gasteiger charge is 2.39. The fraction of sp³-hybridized carbons (Fsp3) is 0.250. The Labute approximate surface area is 196 Å². The maximum absolute atomic E-state index is 13.5. The van der Waals surface area contributed by atoms with Gasteiger partial charge in [0.2, 0.25) is 5.91 Å². The molecule has 3 rings (SSSR count). The summed E-state index contributed by atoms with van der Waals surface area (Å²) >= 11 is 0. The quantitative estimate of drug-likeness (QED) is 0.287. The number of hydrogen-bond donors (Lipinski definition) is 3. The minimum Gasteiger partial charge on any atom is -0.497 e. The van der Waals surface area contributed by atoms with E-state index < -0.39 is 36.4 Å². The molecule has 10 heteroatoms. The molecule has 178 valence electrons. The van der Waals surface area contributed by atoms with Crippen LogP contribution in [0.1, 0.15) is 22.9 Å². The molecule has 4 N–H and O–H groups in total. The van der Waals surface area contributed by atoms with Gasteiger partial charge in [-0.25, -0.2) is 4.98 Å². The minimum atomic E-state index is -1.48. The van der Waals surface area contributed by atoms with E-state index in [0.717, 1.165) is 10.5 Å². The number of carboxylic acid groups (broad SMARTS) is 1. The predicted octanol–water partition coefficient (Wildman–Crippen LogP) is 1.89. The number of nitrogens with zero attached hydrogens (tertiary/aromatic N) is 2. The van der Waals surface area contributed by atoms with Gasteiger partial charge in [0.15, 0.2) is 5.92 Å². The zero-order valence-electron chi connectivity index (χ0n) is 18.6. The van der Waals surface area contributed by atoms with Crippen LogP contribution in [0.5, 0.6) is 5.75 Å². The minimum absolute atomic E-state index is 0.0483. The Hall–Kier alpha value is -4.18. The van der Waals surface area contributed by atoms with Gasteiger partial charge in [-0.15, -0.1) is 0 Å². The summed E-state index contributed by atoms with van der Waals surface area (Å²) in [4.78, 5) is 45.9. The van der Waals surface area contributed by atoms with Crippen LogP contribution in [0.2, 0.25) is 0 Å². The van der Waals surface area contributed by atoms with E-state index in [1.54, 1.807) is 48.5 Å². The van der Waals surface area contributed by atoms with E-state index >= 15 is 0 Å². The molecule has 2 unspecified atom stereocenters. The van der Waals surface area contributed by atoms with Gasteiger partial charge in [0.1, 0.15) is 18.9 Å². The standard InChI is InChI=1S/C24H26N4O6/c1-33-18-9-7-16(8-10-18)12-28(13-20(29)30)23(31)21(22(25)19-11-26-15-27-19)24(32)34-14-17-5-3-2-4-6-17/h2-11,15,21-22H,12-14,25H2,1H3,(H,26,27)(H,29,30). The van der Waals surface area contributed by atoms with Crippen molar-refractivity contribution in [2.24, 2.45) is 11.7 Å². The SMILES string of the molecule is COc1ccc(CN(CC(=O)O)C(=O)C(C(=O)OCc2ccccc2)C(N)c2cnc[nH]2)cc1. The van der Waals surface area contributed by atoms with E-state index in [4.69, 9.17) is 15.2 Å². The molecule has 0 aliphatic carbocycles. The van der Waals surface area contributed by atoms with Gasteiger partial charge in [-0.05, 0) is 23.3 Å². The van der Waals surface area contributed by atoms with Crippen LogP contribution in [0.15, 0.2) is 67.1 Å². The highest BCUT2D eigenvalue weighted by Crippen LogP contribution is 2.24. The van der Waals surface area contributed by atoms with Crippen LogP contribution >= 0.6 is 0 Å². The number of rotatable bonds is 11. The molecule has 0 saturated carbocycles. The Balaban J connectivity index is 1.86. The van der Waals surface area contributed by atoms with Crippen molar-refractivity contribution in [3.05, 3.63) is 83.9 Å². The third kappa shape index (κ3) is 6.42. The van der Waals surface area contributed by atoms with Crippen LogP contribution in [0.25, 0.3) is 0 Å². The van der Waals surface area contributed by atoms with E-state index in [1.165, 1.54) is 19.6 Å². The average Bonchev–Trinajstić information content (AvgIpc) is 3.38. The molecule has 2 atom stereocenters. The number of hydrogen-bond acceptors (Lipinski definition) is 7. The summed E-state index contributed by atoms with van der Waals surface area (Å²) < 4.78 is 10.5. The molecular weight excluding hydrogens is 440 g/mol. The number of carbonyl (C=O) groups is 3. The Kier molecular flexibility index (Phi) is 8.36. The monoisotopic (exact) mass is 466 g/mol. The molecule has 0 spiro atoms. The van der Waals surface area contributed by atoms with Crippen molar-refractivity contribution in [3.63, 3.8) is 0 Å². The lowest BCUT2D eigenvalue weighted by Crippen LogP contribution is -2.46. The highest BCUT2D eigenvalue weighted by molar-refractivity contribution is 5.99. The van der Waals surface area contributed by atoms with Crippen LogP contribution in [-0.2, 0) is 32.3 Å². The molecule has 0 saturated heterocycles. The van der Waals surface area contributed by atoms with Gasteiger partial charge in [0.05, 0.1) is 25.2 Å². The fourth-order valence-corrected chi connectivity index (χ4v) is 3.37. The Morgan fingerprint density at radius 3 is 2.38 bits per heavy atom. The topological polar surface area (TPSA) is 148 Å². The molecular formula is C24H26N4O6. The van der Waals surface area contributed by atoms with Crippen molar-refractivity contribution in [2.75, 3.05) is 13.7 Å². The predicted molar refractivity (Wildman–Crippen MR) is 121 cm³/mol. The number of benzene rings is 2. The van der Waals surface area contributed by atoms with Gasteiger partial charge >= 0.3 is 11.9 Å². The van der Waals surface area contributed by atoms with E-state index in [0.29, 0.717) is 17.0 Å². The number of nitrogens with one attached hydrogen (secondary N) is 1. The van der Waals surface area contributed by atoms with Crippen molar-refractivity contribution in [3.8, 4) is 5.75 Å². The Morgan fingerprint density at radius 1 is 1.09 bits per heavy atom. The second-order valence-electron chi connectivity index (χ2n) is 7.54. The second kappa shape index (κ2) is 11.6. The maximum Gasteiger partial charge on any atom is 0.323 e.